The van der Waals surface area contributed by atoms with Crippen molar-refractivity contribution in [3.63, 3.8) is 0 Å². The first-order chi connectivity index (χ1) is 8.50. The summed E-state index contributed by atoms with van der Waals surface area (Å²) in [4.78, 5) is 24.8. The fourth-order valence-corrected chi connectivity index (χ4v) is 3.30. The molecule has 18 heavy (non-hydrogen) atoms. The fraction of sp³-hybridized carbons (Fsp3) is 0.333. The summed E-state index contributed by atoms with van der Waals surface area (Å²) in [6.45, 7) is 0.498. The molecule has 0 bridgehead atoms. The average molecular weight is 377 g/mol. The van der Waals surface area contributed by atoms with Crippen LogP contribution >= 0.6 is 31.9 Å². The van der Waals surface area contributed by atoms with Crippen LogP contribution in [0.1, 0.15) is 23.2 Å². The van der Waals surface area contributed by atoms with E-state index >= 15 is 0 Å². The SMILES string of the molecule is O=C(O)[C@H]1CCCN1C(=O)c1ccc(Br)cc1Br. The molecule has 1 fully saturated rings. The van der Waals surface area contributed by atoms with Crippen LogP contribution in [0.15, 0.2) is 27.1 Å². The maximum Gasteiger partial charge on any atom is 0.326 e. The number of benzene rings is 1. The van der Waals surface area contributed by atoms with Crippen molar-refractivity contribution >= 4 is 43.7 Å². The topological polar surface area (TPSA) is 57.6 Å². The predicted octanol–water partition coefficient (Wildman–Crippen LogP) is 2.90. The van der Waals surface area contributed by atoms with Crippen molar-refractivity contribution in [2.45, 2.75) is 18.9 Å². The Morgan fingerprint density at radius 1 is 1.33 bits per heavy atom. The third kappa shape index (κ3) is 2.59. The summed E-state index contributed by atoms with van der Waals surface area (Å²) in [6, 6.07) is 4.53. The summed E-state index contributed by atoms with van der Waals surface area (Å²) in [5, 5.41) is 9.08. The number of carbonyl (C=O) groups is 2. The first-order valence-electron chi connectivity index (χ1n) is 5.49. The lowest BCUT2D eigenvalue weighted by molar-refractivity contribution is -0.141. The number of nitrogens with zero attached hydrogens (tertiary/aromatic N) is 1. The molecule has 1 aliphatic rings. The van der Waals surface area contributed by atoms with Gasteiger partial charge in [-0.25, -0.2) is 4.79 Å². The molecular formula is C12H11Br2NO3. The van der Waals surface area contributed by atoms with E-state index in [9.17, 15) is 9.59 Å². The normalized spacial score (nSPS) is 19.0. The molecule has 0 aromatic heterocycles. The monoisotopic (exact) mass is 375 g/mol. The number of carbonyl (C=O) groups excluding carboxylic acids is 1. The molecule has 1 atom stereocenters. The van der Waals surface area contributed by atoms with Gasteiger partial charge in [0.25, 0.3) is 5.91 Å². The Morgan fingerprint density at radius 3 is 2.67 bits per heavy atom. The van der Waals surface area contributed by atoms with Gasteiger partial charge in [0, 0.05) is 15.5 Å². The molecule has 0 radical (unpaired) electrons. The maximum absolute atomic E-state index is 12.3. The molecule has 1 N–H and O–H groups in total. The molecule has 1 aliphatic heterocycles. The largest absolute Gasteiger partial charge is 0.480 e. The summed E-state index contributed by atoms with van der Waals surface area (Å²) in [6.07, 6.45) is 1.26. The molecule has 0 saturated carbocycles. The molecule has 1 saturated heterocycles. The maximum atomic E-state index is 12.3. The van der Waals surface area contributed by atoms with Crippen LogP contribution in [0.2, 0.25) is 0 Å². The van der Waals surface area contributed by atoms with E-state index in [0.29, 0.717) is 23.0 Å². The van der Waals surface area contributed by atoms with Gasteiger partial charge in [0.2, 0.25) is 0 Å². The first kappa shape index (κ1) is 13.5. The molecule has 4 nitrogen and oxygen atoms in total. The van der Waals surface area contributed by atoms with Crippen molar-refractivity contribution in [3.05, 3.63) is 32.7 Å². The van der Waals surface area contributed by atoms with Crippen LogP contribution in [-0.4, -0.2) is 34.5 Å². The van der Waals surface area contributed by atoms with E-state index in [0.717, 1.165) is 10.9 Å². The standard InChI is InChI=1S/C12H11Br2NO3/c13-7-3-4-8(9(14)6-7)11(16)15-5-1-2-10(15)12(17)18/h3-4,6,10H,1-2,5H2,(H,17,18)/t10-/m1/s1. The lowest BCUT2D eigenvalue weighted by Crippen LogP contribution is -2.40. The molecule has 0 aliphatic carbocycles. The highest BCUT2D eigenvalue weighted by molar-refractivity contribution is 9.11. The Kier molecular flexibility index (Phi) is 4.07. The summed E-state index contributed by atoms with van der Waals surface area (Å²) in [7, 11) is 0. The van der Waals surface area contributed by atoms with Gasteiger partial charge in [-0.2, -0.15) is 0 Å². The third-order valence-corrected chi connectivity index (χ3v) is 4.11. The number of halogens is 2. The molecule has 96 valence electrons. The Hall–Kier alpha value is -0.880. The zero-order chi connectivity index (χ0) is 13.3. The average Bonchev–Trinajstić information content (AvgIpc) is 2.77. The molecule has 1 heterocycles. The van der Waals surface area contributed by atoms with Crippen molar-refractivity contribution < 1.29 is 14.7 Å². The highest BCUT2D eigenvalue weighted by Crippen LogP contribution is 2.26. The quantitative estimate of drug-likeness (QED) is 0.863. The molecule has 2 rings (SSSR count). The van der Waals surface area contributed by atoms with Gasteiger partial charge in [-0.1, -0.05) is 15.9 Å². The van der Waals surface area contributed by atoms with Crippen LogP contribution < -0.4 is 0 Å². The Morgan fingerprint density at radius 2 is 2.06 bits per heavy atom. The number of rotatable bonds is 2. The van der Waals surface area contributed by atoms with Crippen molar-refractivity contribution in [3.8, 4) is 0 Å². The van der Waals surface area contributed by atoms with Crippen molar-refractivity contribution in [2.24, 2.45) is 0 Å². The molecular weight excluding hydrogens is 366 g/mol. The van der Waals surface area contributed by atoms with Gasteiger partial charge in [-0.3, -0.25) is 4.79 Å². The fourth-order valence-electron chi connectivity index (χ4n) is 2.08. The van der Waals surface area contributed by atoms with Crippen molar-refractivity contribution in [1.82, 2.24) is 4.90 Å². The Labute approximate surface area is 121 Å². The molecule has 1 amide bonds. The van der Waals surface area contributed by atoms with E-state index in [4.69, 9.17) is 5.11 Å². The second-order valence-corrected chi connectivity index (χ2v) is 5.89. The molecule has 1 aromatic rings. The molecule has 0 unspecified atom stereocenters. The highest BCUT2D eigenvalue weighted by Gasteiger charge is 2.34. The minimum atomic E-state index is -0.936. The smallest absolute Gasteiger partial charge is 0.326 e. The number of amides is 1. The minimum absolute atomic E-state index is 0.237. The zero-order valence-electron chi connectivity index (χ0n) is 9.40. The van der Waals surface area contributed by atoms with Gasteiger partial charge >= 0.3 is 5.97 Å². The third-order valence-electron chi connectivity index (χ3n) is 2.96. The van der Waals surface area contributed by atoms with Crippen molar-refractivity contribution in [2.75, 3.05) is 6.54 Å². The lowest BCUT2D eigenvalue weighted by atomic mass is 10.1. The van der Waals surface area contributed by atoms with E-state index in [1.165, 1.54) is 4.90 Å². The van der Waals surface area contributed by atoms with E-state index in [1.807, 2.05) is 0 Å². The minimum Gasteiger partial charge on any atom is -0.480 e. The number of aliphatic carboxylic acids is 1. The zero-order valence-corrected chi connectivity index (χ0v) is 12.6. The molecule has 6 heteroatoms. The number of carboxylic acid groups (broad SMARTS) is 1. The van der Waals surface area contributed by atoms with Crippen LogP contribution in [0.25, 0.3) is 0 Å². The lowest BCUT2D eigenvalue weighted by Gasteiger charge is -2.22. The van der Waals surface area contributed by atoms with Crippen LogP contribution in [0.4, 0.5) is 0 Å². The number of carboxylic acids is 1. The van der Waals surface area contributed by atoms with E-state index in [1.54, 1.807) is 18.2 Å². The summed E-state index contributed by atoms with van der Waals surface area (Å²) < 4.78 is 1.53. The van der Waals surface area contributed by atoms with E-state index < -0.39 is 12.0 Å². The summed E-state index contributed by atoms with van der Waals surface area (Å²) in [5.74, 6) is -1.17. The second kappa shape index (κ2) is 5.40. The number of hydrogen-bond acceptors (Lipinski definition) is 2. The van der Waals surface area contributed by atoms with Crippen molar-refractivity contribution in [1.29, 1.82) is 0 Å². The number of likely N-dealkylation sites (tertiary alicyclic amines) is 1. The van der Waals surface area contributed by atoms with Gasteiger partial charge in [-0.05, 0) is 47.0 Å². The summed E-state index contributed by atoms with van der Waals surface area (Å²) >= 11 is 6.64. The number of hydrogen-bond donors (Lipinski definition) is 1. The van der Waals surface area contributed by atoms with Crippen LogP contribution in [0.3, 0.4) is 0 Å². The molecule has 1 aromatic carbocycles. The van der Waals surface area contributed by atoms with Gasteiger partial charge < -0.3 is 10.0 Å². The predicted molar refractivity (Wildman–Crippen MR) is 73.5 cm³/mol. The summed E-state index contributed by atoms with van der Waals surface area (Å²) in [5.41, 5.74) is 0.492. The van der Waals surface area contributed by atoms with Gasteiger partial charge in [0.15, 0.2) is 0 Å². The first-order valence-corrected chi connectivity index (χ1v) is 7.08. The Balaban J connectivity index is 2.28. The van der Waals surface area contributed by atoms with Crippen LogP contribution in [0.5, 0.6) is 0 Å². The van der Waals surface area contributed by atoms with E-state index in [-0.39, 0.29) is 5.91 Å². The van der Waals surface area contributed by atoms with Gasteiger partial charge in [0.1, 0.15) is 6.04 Å². The van der Waals surface area contributed by atoms with E-state index in [2.05, 4.69) is 31.9 Å². The highest BCUT2D eigenvalue weighted by atomic mass is 79.9. The molecule has 0 spiro atoms. The second-order valence-electron chi connectivity index (χ2n) is 4.12. The Bertz CT molecular complexity index is 504. The van der Waals surface area contributed by atoms with Crippen LogP contribution in [-0.2, 0) is 4.79 Å². The van der Waals surface area contributed by atoms with Gasteiger partial charge in [-0.15, -0.1) is 0 Å². The van der Waals surface area contributed by atoms with Crippen LogP contribution in [0, 0.1) is 0 Å². The van der Waals surface area contributed by atoms with Gasteiger partial charge in [0.05, 0.1) is 5.56 Å².